The maximum atomic E-state index is 12.3. The van der Waals surface area contributed by atoms with Gasteiger partial charge in [-0.3, -0.25) is 0 Å². The van der Waals surface area contributed by atoms with Crippen molar-refractivity contribution in [3.63, 3.8) is 0 Å². The first-order valence-electron chi connectivity index (χ1n) is 6.75. The van der Waals surface area contributed by atoms with E-state index in [1.807, 2.05) is 24.3 Å². The zero-order chi connectivity index (χ0) is 17.0. The van der Waals surface area contributed by atoms with Crippen LogP contribution in [-0.2, 0) is 4.74 Å². The molecule has 122 valence electrons. The standard InChI is InChI=1S/C17H17BrO5/c1-20-13-9-11(17(19)23-4)14(16(22-3)15(13)21-2)10-7-5-6-8-12(10)18/h5-9H,1-4H3. The van der Waals surface area contributed by atoms with Gasteiger partial charge in [0.1, 0.15) is 0 Å². The van der Waals surface area contributed by atoms with Crippen molar-refractivity contribution in [1.82, 2.24) is 0 Å². The molecule has 0 saturated heterocycles. The van der Waals surface area contributed by atoms with Gasteiger partial charge in [0.05, 0.1) is 34.0 Å². The van der Waals surface area contributed by atoms with E-state index in [-0.39, 0.29) is 0 Å². The molecule has 5 nitrogen and oxygen atoms in total. The van der Waals surface area contributed by atoms with Crippen molar-refractivity contribution < 1.29 is 23.7 Å². The van der Waals surface area contributed by atoms with Gasteiger partial charge in [-0.15, -0.1) is 0 Å². The molecule has 0 aliphatic heterocycles. The van der Waals surface area contributed by atoms with Crippen molar-refractivity contribution in [2.45, 2.75) is 0 Å². The number of carbonyl (C=O) groups is 1. The summed E-state index contributed by atoms with van der Waals surface area (Å²) in [7, 11) is 5.85. The first kappa shape index (κ1) is 17.1. The number of benzene rings is 2. The van der Waals surface area contributed by atoms with Gasteiger partial charge in [0.2, 0.25) is 5.75 Å². The quantitative estimate of drug-likeness (QED) is 0.735. The summed E-state index contributed by atoms with van der Waals surface area (Å²) in [6.07, 6.45) is 0. The number of carbonyl (C=O) groups excluding carboxylic acids is 1. The van der Waals surface area contributed by atoms with E-state index in [9.17, 15) is 4.79 Å². The largest absolute Gasteiger partial charge is 0.493 e. The fourth-order valence-electron chi connectivity index (χ4n) is 2.36. The Bertz CT molecular complexity index is 727. The molecule has 6 heteroatoms. The summed E-state index contributed by atoms with van der Waals surface area (Å²) in [5, 5.41) is 0. The fraction of sp³-hybridized carbons (Fsp3) is 0.235. The number of rotatable bonds is 5. The average Bonchev–Trinajstić information content (AvgIpc) is 2.59. The van der Waals surface area contributed by atoms with Crippen LogP contribution in [0, 0.1) is 0 Å². The number of hydrogen-bond acceptors (Lipinski definition) is 5. The van der Waals surface area contributed by atoms with Crippen LogP contribution in [0.4, 0.5) is 0 Å². The van der Waals surface area contributed by atoms with Crippen LogP contribution in [0.25, 0.3) is 11.1 Å². The lowest BCUT2D eigenvalue weighted by Gasteiger charge is -2.19. The third kappa shape index (κ3) is 3.12. The molecular weight excluding hydrogens is 364 g/mol. The Hall–Kier alpha value is -2.21. The van der Waals surface area contributed by atoms with Crippen LogP contribution in [0.2, 0.25) is 0 Å². The van der Waals surface area contributed by atoms with E-state index < -0.39 is 5.97 Å². The monoisotopic (exact) mass is 380 g/mol. The highest BCUT2D eigenvalue weighted by molar-refractivity contribution is 9.10. The molecule has 0 heterocycles. The molecule has 0 N–H and O–H groups in total. The fourth-order valence-corrected chi connectivity index (χ4v) is 2.84. The van der Waals surface area contributed by atoms with Gasteiger partial charge in [-0.25, -0.2) is 4.79 Å². The Labute approximate surface area is 143 Å². The minimum Gasteiger partial charge on any atom is -0.493 e. The van der Waals surface area contributed by atoms with Crippen LogP contribution in [-0.4, -0.2) is 34.4 Å². The van der Waals surface area contributed by atoms with Gasteiger partial charge < -0.3 is 18.9 Å². The number of methoxy groups -OCH3 is 4. The van der Waals surface area contributed by atoms with Crippen molar-refractivity contribution in [1.29, 1.82) is 0 Å². The molecular formula is C17H17BrO5. The molecule has 23 heavy (non-hydrogen) atoms. The van der Waals surface area contributed by atoms with Gasteiger partial charge in [-0.1, -0.05) is 34.1 Å². The molecule has 0 radical (unpaired) electrons. The van der Waals surface area contributed by atoms with E-state index in [0.717, 1.165) is 10.0 Å². The minimum absolute atomic E-state index is 0.328. The highest BCUT2D eigenvalue weighted by Gasteiger charge is 2.26. The van der Waals surface area contributed by atoms with E-state index in [2.05, 4.69) is 15.9 Å². The van der Waals surface area contributed by atoms with Crippen molar-refractivity contribution in [3.8, 4) is 28.4 Å². The van der Waals surface area contributed by atoms with Crippen LogP contribution in [0.15, 0.2) is 34.8 Å². The highest BCUT2D eigenvalue weighted by atomic mass is 79.9. The second-order valence-corrected chi connectivity index (χ2v) is 5.39. The predicted octanol–water partition coefficient (Wildman–Crippen LogP) is 3.93. The number of esters is 1. The zero-order valence-corrected chi connectivity index (χ0v) is 14.9. The normalized spacial score (nSPS) is 10.1. The molecule has 2 aromatic rings. The topological polar surface area (TPSA) is 54.0 Å². The highest BCUT2D eigenvalue weighted by Crippen LogP contribution is 2.48. The van der Waals surface area contributed by atoms with Gasteiger partial charge >= 0.3 is 5.97 Å². The number of hydrogen-bond donors (Lipinski definition) is 0. The van der Waals surface area contributed by atoms with E-state index in [0.29, 0.717) is 28.4 Å². The molecule has 0 unspecified atom stereocenters. The van der Waals surface area contributed by atoms with E-state index in [1.165, 1.54) is 28.4 Å². The second-order valence-electron chi connectivity index (χ2n) is 4.54. The van der Waals surface area contributed by atoms with E-state index in [4.69, 9.17) is 18.9 Å². The van der Waals surface area contributed by atoms with Gasteiger partial charge in [0, 0.05) is 15.6 Å². The van der Waals surface area contributed by atoms with Crippen molar-refractivity contribution >= 4 is 21.9 Å². The number of halogens is 1. The van der Waals surface area contributed by atoms with Crippen molar-refractivity contribution in [3.05, 3.63) is 40.4 Å². The van der Waals surface area contributed by atoms with Gasteiger partial charge in [-0.05, 0) is 12.1 Å². The first-order chi connectivity index (χ1) is 11.1. The smallest absolute Gasteiger partial charge is 0.338 e. The Morgan fingerprint density at radius 1 is 0.957 bits per heavy atom. The lowest BCUT2D eigenvalue weighted by molar-refractivity contribution is 0.0600. The third-order valence-electron chi connectivity index (χ3n) is 3.38. The molecule has 0 saturated carbocycles. The van der Waals surface area contributed by atoms with Crippen LogP contribution in [0.5, 0.6) is 17.2 Å². The van der Waals surface area contributed by atoms with E-state index in [1.54, 1.807) is 6.07 Å². The van der Waals surface area contributed by atoms with Crippen molar-refractivity contribution in [2.75, 3.05) is 28.4 Å². The molecule has 0 atom stereocenters. The lowest BCUT2D eigenvalue weighted by Crippen LogP contribution is -2.07. The molecule has 2 aromatic carbocycles. The average molecular weight is 381 g/mol. The molecule has 2 rings (SSSR count). The Kier molecular flexibility index (Phi) is 5.50. The van der Waals surface area contributed by atoms with Gasteiger partial charge in [-0.2, -0.15) is 0 Å². The maximum absolute atomic E-state index is 12.3. The molecule has 0 spiro atoms. The molecule has 0 aliphatic rings. The summed E-state index contributed by atoms with van der Waals surface area (Å²) in [5.41, 5.74) is 1.68. The summed E-state index contributed by atoms with van der Waals surface area (Å²) < 4.78 is 22.0. The SMILES string of the molecule is COC(=O)c1cc(OC)c(OC)c(OC)c1-c1ccccc1Br. The van der Waals surface area contributed by atoms with Crippen LogP contribution >= 0.6 is 15.9 Å². The van der Waals surface area contributed by atoms with E-state index >= 15 is 0 Å². The Morgan fingerprint density at radius 3 is 2.13 bits per heavy atom. The Balaban J connectivity index is 2.91. The Morgan fingerprint density at radius 2 is 1.61 bits per heavy atom. The van der Waals surface area contributed by atoms with Crippen LogP contribution in [0.1, 0.15) is 10.4 Å². The predicted molar refractivity (Wildman–Crippen MR) is 90.6 cm³/mol. The van der Waals surface area contributed by atoms with Crippen molar-refractivity contribution in [2.24, 2.45) is 0 Å². The summed E-state index contributed by atoms with van der Waals surface area (Å²) >= 11 is 3.50. The summed E-state index contributed by atoms with van der Waals surface area (Å²) in [4.78, 5) is 12.3. The molecule has 0 aliphatic carbocycles. The summed E-state index contributed by atoms with van der Waals surface area (Å²) in [6.45, 7) is 0. The zero-order valence-electron chi connectivity index (χ0n) is 13.3. The molecule has 0 amide bonds. The van der Waals surface area contributed by atoms with Crippen LogP contribution in [0.3, 0.4) is 0 Å². The van der Waals surface area contributed by atoms with Crippen LogP contribution < -0.4 is 14.2 Å². The minimum atomic E-state index is -0.491. The second kappa shape index (κ2) is 7.37. The number of ether oxygens (including phenoxy) is 4. The lowest BCUT2D eigenvalue weighted by atomic mass is 9.97. The summed E-state index contributed by atoms with van der Waals surface area (Å²) in [6, 6.07) is 9.10. The molecule has 0 bridgehead atoms. The first-order valence-corrected chi connectivity index (χ1v) is 7.54. The van der Waals surface area contributed by atoms with Gasteiger partial charge in [0.15, 0.2) is 11.5 Å². The molecule has 0 fully saturated rings. The maximum Gasteiger partial charge on any atom is 0.338 e. The van der Waals surface area contributed by atoms with Gasteiger partial charge in [0.25, 0.3) is 0 Å². The third-order valence-corrected chi connectivity index (χ3v) is 4.07. The molecule has 0 aromatic heterocycles. The summed E-state index contributed by atoms with van der Waals surface area (Å²) in [5.74, 6) is 0.711.